The lowest BCUT2D eigenvalue weighted by atomic mass is 10.3. The Morgan fingerprint density at radius 2 is 2.00 bits per heavy atom. The first-order valence-corrected chi connectivity index (χ1v) is 9.49. The predicted octanol–water partition coefficient (Wildman–Crippen LogP) is 2.48. The number of anilines is 1. The molecule has 1 amide bonds. The van der Waals surface area contributed by atoms with Gasteiger partial charge in [-0.3, -0.25) is 9.79 Å². The number of rotatable bonds is 12. The lowest BCUT2D eigenvalue weighted by molar-refractivity contribution is -0.116. The fourth-order valence-electron chi connectivity index (χ4n) is 2.16. The number of aromatic nitrogens is 1. The number of nitrogens with one attached hydrogen (secondary N) is 3. The van der Waals surface area contributed by atoms with Gasteiger partial charge in [-0.2, -0.15) is 0 Å². The van der Waals surface area contributed by atoms with E-state index in [1.165, 1.54) is 0 Å². The Labute approximate surface area is 157 Å². The monoisotopic (exact) mass is 363 g/mol. The minimum absolute atomic E-state index is 0.0734. The van der Waals surface area contributed by atoms with Crippen LogP contribution in [0.3, 0.4) is 0 Å². The van der Waals surface area contributed by atoms with Crippen molar-refractivity contribution in [3.8, 4) is 0 Å². The molecule has 1 aromatic heterocycles. The molecule has 1 aromatic rings. The van der Waals surface area contributed by atoms with E-state index in [2.05, 4.69) is 32.9 Å². The largest absolute Gasteiger partial charge is 0.381 e. The molecule has 0 radical (unpaired) electrons. The summed E-state index contributed by atoms with van der Waals surface area (Å²) in [5.41, 5.74) is 0.876. The van der Waals surface area contributed by atoms with Crippen molar-refractivity contribution in [2.75, 3.05) is 38.2 Å². The van der Waals surface area contributed by atoms with E-state index in [0.29, 0.717) is 25.3 Å². The van der Waals surface area contributed by atoms with Gasteiger partial charge in [0.05, 0.1) is 0 Å². The molecule has 0 fully saturated rings. The average molecular weight is 364 g/mol. The number of hydrogen-bond acceptors (Lipinski definition) is 4. The lowest BCUT2D eigenvalue weighted by Gasteiger charge is -2.11. The van der Waals surface area contributed by atoms with Gasteiger partial charge in [-0.1, -0.05) is 19.4 Å². The van der Waals surface area contributed by atoms with Crippen LogP contribution in [0, 0.1) is 6.92 Å². The molecule has 26 heavy (non-hydrogen) atoms. The topological polar surface area (TPSA) is 87.6 Å². The highest BCUT2D eigenvalue weighted by Crippen LogP contribution is 2.03. The van der Waals surface area contributed by atoms with Crippen LogP contribution in [0.4, 0.5) is 5.82 Å². The molecule has 146 valence electrons. The summed E-state index contributed by atoms with van der Waals surface area (Å²) in [6, 6.07) is 5.55. The van der Waals surface area contributed by atoms with E-state index in [4.69, 9.17) is 4.74 Å². The molecule has 0 bridgehead atoms. The van der Waals surface area contributed by atoms with Crippen LogP contribution in [0.25, 0.3) is 0 Å². The Kier molecular flexibility index (Phi) is 11.8. The second-order valence-electron chi connectivity index (χ2n) is 5.97. The Hall–Kier alpha value is -2.15. The van der Waals surface area contributed by atoms with Crippen LogP contribution < -0.4 is 16.0 Å². The van der Waals surface area contributed by atoms with E-state index in [9.17, 15) is 4.79 Å². The molecule has 0 unspecified atom stereocenters. The van der Waals surface area contributed by atoms with Crippen LogP contribution in [0.15, 0.2) is 23.2 Å². The summed E-state index contributed by atoms with van der Waals surface area (Å²) in [5, 5.41) is 9.15. The molecule has 3 N–H and O–H groups in total. The van der Waals surface area contributed by atoms with Crippen LogP contribution >= 0.6 is 0 Å². The third kappa shape index (κ3) is 10.7. The highest BCUT2D eigenvalue weighted by molar-refractivity contribution is 5.90. The average Bonchev–Trinajstić information content (AvgIpc) is 2.61. The molecule has 0 aromatic carbocycles. The number of aliphatic imine (C=N–C) groups is 1. The van der Waals surface area contributed by atoms with Gasteiger partial charge < -0.3 is 20.7 Å². The summed E-state index contributed by atoms with van der Waals surface area (Å²) in [6.07, 6.45) is 3.49. The zero-order valence-corrected chi connectivity index (χ0v) is 16.3. The van der Waals surface area contributed by atoms with Crippen LogP contribution in [-0.2, 0) is 9.53 Å². The molecule has 0 saturated heterocycles. The fraction of sp³-hybridized carbons (Fsp3) is 0.632. The first-order chi connectivity index (χ1) is 12.7. The molecule has 7 nitrogen and oxygen atoms in total. The summed E-state index contributed by atoms with van der Waals surface area (Å²) in [6.45, 7) is 9.60. The van der Waals surface area contributed by atoms with Crippen molar-refractivity contribution in [2.24, 2.45) is 4.99 Å². The number of carbonyl (C=O) groups is 1. The van der Waals surface area contributed by atoms with Gasteiger partial charge in [0.25, 0.3) is 0 Å². The van der Waals surface area contributed by atoms with Crippen LogP contribution in [0.5, 0.6) is 0 Å². The molecule has 0 aliphatic heterocycles. The maximum absolute atomic E-state index is 12.0. The van der Waals surface area contributed by atoms with Crippen LogP contribution in [0.1, 0.15) is 45.2 Å². The number of amides is 1. The van der Waals surface area contributed by atoms with Crippen molar-refractivity contribution in [1.82, 2.24) is 15.6 Å². The molecule has 0 aliphatic carbocycles. The molecule has 1 rings (SSSR count). The smallest absolute Gasteiger partial charge is 0.227 e. The number of aryl methyl sites for hydroxylation is 1. The Balaban J connectivity index is 2.24. The first-order valence-electron chi connectivity index (χ1n) is 9.49. The van der Waals surface area contributed by atoms with Crippen LogP contribution in [-0.4, -0.2) is 49.7 Å². The minimum atomic E-state index is -0.0734. The van der Waals surface area contributed by atoms with E-state index >= 15 is 0 Å². The van der Waals surface area contributed by atoms with Gasteiger partial charge >= 0.3 is 0 Å². The zero-order chi connectivity index (χ0) is 19.0. The minimum Gasteiger partial charge on any atom is -0.381 e. The molecule has 7 heteroatoms. The van der Waals surface area contributed by atoms with Gasteiger partial charge in [-0.05, 0) is 38.8 Å². The fourth-order valence-corrected chi connectivity index (χ4v) is 2.16. The molecule has 0 aliphatic rings. The number of guanidine groups is 1. The highest BCUT2D eigenvalue weighted by atomic mass is 16.5. The van der Waals surface area contributed by atoms with Gasteiger partial charge in [0.1, 0.15) is 5.82 Å². The van der Waals surface area contributed by atoms with Crippen molar-refractivity contribution < 1.29 is 9.53 Å². The lowest BCUT2D eigenvalue weighted by Crippen LogP contribution is -2.38. The van der Waals surface area contributed by atoms with E-state index < -0.39 is 0 Å². The molecule has 0 spiro atoms. The Morgan fingerprint density at radius 3 is 2.73 bits per heavy atom. The van der Waals surface area contributed by atoms with Gasteiger partial charge in [0.15, 0.2) is 5.96 Å². The van der Waals surface area contributed by atoms with E-state index in [0.717, 1.165) is 50.7 Å². The number of unbranched alkanes of at least 4 members (excludes halogenated alkanes) is 1. The quantitative estimate of drug-likeness (QED) is 0.302. The number of nitrogens with zero attached hydrogens (tertiary/aromatic N) is 2. The van der Waals surface area contributed by atoms with Crippen molar-refractivity contribution in [2.45, 2.75) is 46.5 Å². The van der Waals surface area contributed by atoms with Gasteiger partial charge in [0.2, 0.25) is 5.91 Å². The summed E-state index contributed by atoms with van der Waals surface area (Å²) >= 11 is 0. The number of ether oxygens (including phenoxy) is 1. The van der Waals surface area contributed by atoms with Crippen LogP contribution in [0.2, 0.25) is 0 Å². The maximum atomic E-state index is 12.0. The van der Waals surface area contributed by atoms with E-state index in [1.807, 2.05) is 26.0 Å². The van der Waals surface area contributed by atoms with Gasteiger partial charge in [0, 0.05) is 45.0 Å². The molecular formula is C19H33N5O2. The van der Waals surface area contributed by atoms with E-state index in [1.54, 1.807) is 6.07 Å². The molecule has 1 heterocycles. The van der Waals surface area contributed by atoms with Crippen molar-refractivity contribution in [3.05, 3.63) is 23.9 Å². The second-order valence-corrected chi connectivity index (χ2v) is 5.97. The highest BCUT2D eigenvalue weighted by Gasteiger charge is 2.04. The first kappa shape index (κ1) is 21.9. The normalized spacial score (nSPS) is 11.3. The maximum Gasteiger partial charge on any atom is 0.227 e. The number of hydrogen-bond donors (Lipinski definition) is 3. The second kappa shape index (κ2) is 14.1. The van der Waals surface area contributed by atoms with Gasteiger partial charge in [-0.15, -0.1) is 0 Å². The van der Waals surface area contributed by atoms with Crippen molar-refractivity contribution in [3.63, 3.8) is 0 Å². The van der Waals surface area contributed by atoms with E-state index in [-0.39, 0.29) is 5.91 Å². The number of pyridine rings is 1. The van der Waals surface area contributed by atoms with Gasteiger partial charge in [-0.25, -0.2) is 4.98 Å². The Morgan fingerprint density at radius 1 is 1.19 bits per heavy atom. The zero-order valence-electron chi connectivity index (χ0n) is 16.3. The Bertz CT molecular complexity index is 548. The summed E-state index contributed by atoms with van der Waals surface area (Å²) in [4.78, 5) is 20.7. The summed E-state index contributed by atoms with van der Waals surface area (Å²) in [7, 11) is 0. The molecular weight excluding hydrogens is 330 g/mol. The third-order valence-corrected chi connectivity index (χ3v) is 3.50. The summed E-state index contributed by atoms with van der Waals surface area (Å²) < 4.78 is 5.52. The SMILES string of the molecule is CCCCOCCCN=C(NCC)NCCC(=O)Nc1cccc(C)n1. The molecule has 0 saturated carbocycles. The number of carbonyl (C=O) groups excluding carboxylic acids is 1. The predicted molar refractivity (Wildman–Crippen MR) is 107 cm³/mol. The third-order valence-electron chi connectivity index (χ3n) is 3.50. The summed E-state index contributed by atoms with van der Waals surface area (Å²) in [5.74, 6) is 1.23. The standard InChI is InChI=1S/C19H33N5O2/c1-4-6-14-26-15-8-12-21-19(20-5-2)22-13-11-18(25)24-17-10-7-9-16(3)23-17/h7,9-10H,4-6,8,11-15H2,1-3H3,(H2,20,21,22)(H,23,24,25). The molecule has 0 atom stereocenters. The van der Waals surface area contributed by atoms with Crippen molar-refractivity contribution in [1.29, 1.82) is 0 Å². The van der Waals surface area contributed by atoms with Crippen molar-refractivity contribution >= 4 is 17.7 Å².